The van der Waals surface area contributed by atoms with E-state index in [0.717, 1.165) is 5.56 Å². The molecule has 4 rings (SSSR count). The zero-order valence-electron chi connectivity index (χ0n) is 18.2. The van der Waals surface area contributed by atoms with Gasteiger partial charge in [-0.15, -0.1) is 0 Å². The van der Waals surface area contributed by atoms with Gasteiger partial charge in [0, 0.05) is 6.07 Å². The van der Waals surface area contributed by atoms with Gasteiger partial charge in [-0.05, 0) is 41.5 Å². The Bertz CT molecular complexity index is 1270. The average molecular weight is 459 g/mol. The molecule has 8 nitrogen and oxygen atoms in total. The lowest BCUT2D eigenvalue weighted by Gasteiger charge is -2.15. The zero-order valence-corrected chi connectivity index (χ0v) is 18.2. The SMILES string of the molecule is COc1cccc(C=C2Oc3cc(OCC(=O)N[C@@H](C(=O)O)c4ccccc4)ccc3C2=O)c1. The molecule has 8 heteroatoms. The summed E-state index contributed by atoms with van der Waals surface area (Å²) in [5.41, 5.74) is 1.57. The Hall–Kier alpha value is -4.59. The van der Waals surface area contributed by atoms with Gasteiger partial charge in [0.25, 0.3) is 5.91 Å². The van der Waals surface area contributed by atoms with Crippen LogP contribution in [0.15, 0.2) is 78.6 Å². The monoisotopic (exact) mass is 459 g/mol. The van der Waals surface area contributed by atoms with Gasteiger partial charge in [-0.2, -0.15) is 0 Å². The van der Waals surface area contributed by atoms with Crippen LogP contribution in [0, 0.1) is 0 Å². The zero-order chi connectivity index (χ0) is 24.1. The van der Waals surface area contributed by atoms with Crippen molar-refractivity contribution in [1.29, 1.82) is 0 Å². The minimum absolute atomic E-state index is 0.158. The lowest BCUT2D eigenvalue weighted by molar-refractivity contribution is -0.142. The van der Waals surface area contributed by atoms with Crippen molar-refractivity contribution >= 4 is 23.7 Å². The van der Waals surface area contributed by atoms with Gasteiger partial charge in [0.15, 0.2) is 18.4 Å². The largest absolute Gasteiger partial charge is 0.497 e. The normalized spacial score (nSPS) is 14.1. The lowest BCUT2D eigenvalue weighted by atomic mass is 10.1. The van der Waals surface area contributed by atoms with Crippen LogP contribution in [0.4, 0.5) is 0 Å². The number of carbonyl (C=O) groups is 3. The van der Waals surface area contributed by atoms with Gasteiger partial charge in [0.2, 0.25) is 5.78 Å². The number of ketones is 1. The Balaban J connectivity index is 1.41. The molecule has 3 aromatic rings. The Morgan fingerprint density at radius 3 is 2.56 bits per heavy atom. The Morgan fingerprint density at radius 1 is 1.03 bits per heavy atom. The van der Waals surface area contributed by atoms with Crippen LogP contribution < -0.4 is 19.5 Å². The molecule has 0 saturated carbocycles. The van der Waals surface area contributed by atoms with E-state index in [9.17, 15) is 19.5 Å². The molecule has 0 bridgehead atoms. The highest BCUT2D eigenvalue weighted by Crippen LogP contribution is 2.35. The fourth-order valence-corrected chi connectivity index (χ4v) is 3.42. The molecule has 1 aliphatic rings. The fraction of sp³-hybridized carbons (Fsp3) is 0.115. The molecule has 2 N–H and O–H groups in total. The smallest absolute Gasteiger partial charge is 0.330 e. The second-order valence-electron chi connectivity index (χ2n) is 7.41. The molecule has 1 amide bonds. The highest BCUT2D eigenvalue weighted by molar-refractivity contribution is 6.14. The number of hydrogen-bond acceptors (Lipinski definition) is 6. The van der Waals surface area contributed by atoms with E-state index in [1.807, 2.05) is 12.1 Å². The predicted octanol–water partition coefficient (Wildman–Crippen LogP) is 3.63. The minimum atomic E-state index is -1.19. The van der Waals surface area contributed by atoms with E-state index in [1.165, 1.54) is 6.07 Å². The number of nitrogens with one attached hydrogen (secondary N) is 1. The first-order valence-electron chi connectivity index (χ1n) is 10.4. The number of benzene rings is 3. The highest BCUT2D eigenvalue weighted by Gasteiger charge is 2.28. The van der Waals surface area contributed by atoms with Gasteiger partial charge in [0.05, 0.1) is 12.7 Å². The van der Waals surface area contributed by atoms with Crippen molar-refractivity contribution in [3.8, 4) is 17.2 Å². The number of fused-ring (bicyclic) bond motifs is 1. The first-order valence-corrected chi connectivity index (χ1v) is 10.4. The number of ether oxygens (including phenoxy) is 3. The number of carboxylic acids is 1. The molecule has 0 aromatic heterocycles. The maximum Gasteiger partial charge on any atom is 0.330 e. The molecule has 34 heavy (non-hydrogen) atoms. The molecule has 1 atom stereocenters. The first kappa shape index (κ1) is 22.6. The van der Waals surface area contributed by atoms with Crippen LogP contribution in [-0.4, -0.2) is 36.5 Å². The molecular weight excluding hydrogens is 438 g/mol. The number of aliphatic carboxylic acids is 1. The van der Waals surface area contributed by atoms with E-state index in [2.05, 4.69) is 5.32 Å². The molecule has 0 fully saturated rings. The summed E-state index contributed by atoms with van der Waals surface area (Å²) in [6, 6.07) is 19.0. The Kier molecular flexibility index (Phi) is 6.59. The summed E-state index contributed by atoms with van der Waals surface area (Å²) in [6.45, 7) is -0.407. The molecule has 0 spiro atoms. The summed E-state index contributed by atoms with van der Waals surface area (Å²) >= 11 is 0. The van der Waals surface area contributed by atoms with Crippen LogP contribution in [0.25, 0.3) is 6.08 Å². The van der Waals surface area contributed by atoms with Crippen molar-refractivity contribution in [2.24, 2.45) is 0 Å². The van der Waals surface area contributed by atoms with E-state index < -0.39 is 24.5 Å². The van der Waals surface area contributed by atoms with E-state index in [0.29, 0.717) is 28.4 Å². The van der Waals surface area contributed by atoms with Crippen LogP contribution in [0.1, 0.15) is 27.5 Å². The fourth-order valence-electron chi connectivity index (χ4n) is 3.42. The van der Waals surface area contributed by atoms with Gasteiger partial charge < -0.3 is 24.6 Å². The second kappa shape index (κ2) is 9.91. The summed E-state index contributed by atoms with van der Waals surface area (Å²) in [5.74, 6) is -0.629. The molecule has 1 heterocycles. The third-order valence-electron chi connectivity index (χ3n) is 5.09. The number of hydrogen-bond donors (Lipinski definition) is 2. The quantitative estimate of drug-likeness (QED) is 0.495. The molecule has 3 aromatic carbocycles. The van der Waals surface area contributed by atoms with E-state index >= 15 is 0 Å². The number of carboxylic acid groups (broad SMARTS) is 1. The van der Waals surface area contributed by atoms with Crippen LogP contribution in [0.2, 0.25) is 0 Å². The van der Waals surface area contributed by atoms with Crippen molar-refractivity contribution in [1.82, 2.24) is 5.32 Å². The standard InChI is InChI=1S/C26H21NO7/c1-32-18-9-5-6-16(12-18)13-22-25(29)20-11-10-19(14-21(20)34-22)33-15-23(28)27-24(26(30)31)17-7-3-2-4-8-17/h2-14,24H,15H2,1H3,(H,27,28)(H,30,31)/t24-/m1/s1. The molecule has 1 aliphatic heterocycles. The predicted molar refractivity (Wildman–Crippen MR) is 123 cm³/mol. The van der Waals surface area contributed by atoms with Crippen molar-refractivity contribution in [3.63, 3.8) is 0 Å². The van der Waals surface area contributed by atoms with E-state index in [4.69, 9.17) is 14.2 Å². The lowest BCUT2D eigenvalue weighted by Crippen LogP contribution is -2.36. The number of Topliss-reactive ketones (excluding diaryl/α,β-unsaturated/α-hetero) is 1. The van der Waals surface area contributed by atoms with Gasteiger partial charge in [-0.1, -0.05) is 42.5 Å². The Labute approximate surface area is 195 Å². The molecular formula is C26H21NO7. The number of amides is 1. The van der Waals surface area contributed by atoms with Crippen molar-refractivity contribution in [2.75, 3.05) is 13.7 Å². The summed E-state index contributed by atoms with van der Waals surface area (Å²) < 4.78 is 16.4. The maximum atomic E-state index is 12.7. The number of allylic oxidation sites excluding steroid dienone is 1. The minimum Gasteiger partial charge on any atom is -0.497 e. The summed E-state index contributed by atoms with van der Waals surface area (Å²) in [7, 11) is 1.56. The van der Waals surface area contributed by atoms with Crippen molar-refractivity contribution < 1.29 is 33.7 Å². The Morgan fingerprint density at radius 2 is 1.82 bits per heavy atom. The average Bonchev–Trinajstić information content (AvgIpc) is 3.16. The number of carbonyl (C=O) groups excluding carboxylic acids is 2. The molecule has 0 saturated heterocycles. The third-order valence-corrected chi connectivity index (χ3v) is 5.09. The third kappa shape index (κ3) is 5.07. The van der Waals surface area contributed by atoms with Crippen LogP contribution >= 0.6 is 0 Å². The second-order valence-corrected chi connectivity index (χ2v) is 7.41. The first-order chi connectivity index (χ1) is 16.4. The highest BCUT2D eigenvalue weighted by atomic mass is 16.5. The van der Waals surface area contributed by atoms with Crippen LogP contribution in [-0.2, 0) is 9.59 Å². The summed E-state index contributed by atoms with van der Waals surface area (Å²) in [4.78, 5) is 36.5. The maximum absolute atomic E-state index is 12.7. The van der Waals surface area contributed by atoms with Gasteiger partial charge in [-0.25, -0.2) is 4.79 Å². The van der Waals surface area contributed by atoms with Crippen LogP contribution in [0.3, 0.4) is 0 Å². The molecule has 172 valence electrons. The van der Waals surface area contributed by atoms with Crippen LogP contribution in [0.5, 0.6) is 17.2 Å². The van der Waals surface area contributed by atoms with Gasteiger partial charge in [0.1, 0.15) is 17.2 Å². The number of methoxy groups -OCH3 is 1. The number of rotatable bonds is 8. The topological polar surface area (TPSA) is 111 Å². The summed E-state index contributed by atoms with van der Waals surface area (Å²) in [5, 5.41) is 11.9. The van der Waals surface area contributed by atoms with Crippen molar-refractivity contribution in [2.45, 2.75) is 6.04 Å². The molecule has 0 aliphatic carbocycles. The van der Waals surface area contributed by atoms with Gasteiger partial charge in [-0.3, -0.25) is 9.59 Å². The summed E-state index contributed by atoms with van der Waals surface area (Å²) in [6.07, 6.45) is 1.62. The van der Waals surface area contributed by atoms with E-state index in [1.54, 1.807) is 67.8 Å². The molecule has 0 radical (unpaired) electrons. The molecule has 0 unspecified atom stereocenters. The van der Waals surface area contributed by atoms with E-state index in [-0.39, 0.29) is 11.5 Å². The van der Waals surface area contributed by atoms with Crippen molar-refractivity contribution in [3.05, 3.63) is 95.2 Å². The van der Waals surface area contributed by atoms with Gasteiger partial charge >= 0.3 is 5.97 Å².